The molecule has 0 aliphatic carbocycles. The summed E-state index contributed by atoms with van der Waals surface area (Å²) in [6.45, 7) is 5.63. The number of aryl methyl sites for hydroxylation is 1. The zero-order valence-electron chi connectivity index (χ0n) is 11.0. The van der Waals surface area contributed by atoms with Crippen LogP contribution in [0.15, 0.2) is 12.1 Å². The lowest BCUT2D eigenvalue weighted by molar-refractivity contribution is 0.301. The van der Waals surface area contributed by atoms with Crippen LogP contribution in [0.2, 0.25) is 0 Å². The van der Waals surface area contributed by atoms with Crippen molar-refractivity contribution in [2.45, 2.75) is 26.7 Å². The molecule has 0 radical (unpaired) electrons. The molecule has 0 spiro atoms. The summed E-state index contributed by atoms with van der Waals surface area (Å²) in [5, 5.41) is 9.13. The largest absolute Gasteiger partial charge is 0.395 e. The third kappa shape index (κ3) is 4.23. The zero-order valence-corrected chi connectivity index (χ0v) is 11.8. The lowest BCUT2D eigenvalue weighted by Crippen LogP contribution is -2.29. The molecule has 0 atom stereocenters. The van der Waals surface area contributed by atoms with Gasteiger partial charge in [-0.15, -0.1) is 0 Å². The van der Waals surface area contributed by atoms with Gasteiger partial charge in [0, 0.05) is 24.3 Å². The van der Waals surface area contributed by atoms with E-state index in [0.717, 1.165) is 36.5 Å². The lowest BCUT2D eigenvalue weighted by Gasteiger charge is -2.23. The number of nitrogens with two attached hydrogens (primary N) is 1. The van der Waals surface area contributed by atoms with E-state index in [1.807, 2.05) is 19.1 Å². The predicted octanol–water partition coefficient (Wildman–Crippen LogP) is 1.62. The molecule has 1 aromatic rings. The molecule has 0 unspecified atom stereocenters. The van der Waals surface area contributed by atoms with Gasteiger partial charge in [0.2, 0.25) is 0 Å². The first-order valence-corrected chi connectivity index (χ1v) is 6.63. The standard InChI is InChI=1S/C13H21N3OS/c1-3-4-5-16(6-7-17)12-9-11(13(14)18)8-10(2)15-12/h8-9,17H,3-7H2,1-2H3,(H2,14,18). The number of pyridine rings is 1. The molecule has 3 N–H and O–H groups in total. The molecule has 5 heteroatoms. The van der Waals surface area contributed by atoms with Crippen molar-refractivity contribution in [3.05, 3.63) is 23.4 Å². The lowest BCUT2D eigenvalue weighted by atomic mass is 10.2. The van der Waals surface area contributed by atoms with Gasteiger partial charge in [0.15, 0.2) is 0 Å². The molecule has 0 amide bonds. The van der Waals surface area contributed by atoms with E-state index < -0.39 is 0 Å². The minimum atomic E-state index is 0.113. The number of hydrogen-bond acceptors (Lipinski definition) is 4. The van der Waals surface area contributed by atoms with Gasteiger partial charge in [0.05, 0.1) is 6.61 Å². The summed E-state index contributed by atoms with van der Waals surface area (Å²) in [6.07, 6.45) is 2.17. The summed E-state index contributed by atoms with van der Waals surface area (Å²) >= 11 is 5.00. The van der Waals surface area contributed by atoms with Crippen molar-refractivity contribution in [1.82, 2.24) is 4.98 Å². The van der Waals surface area contributed by atoms with Crippen LogP contribution in [-0.4, -0.2) is 34.8 Å². The molecule has 18 heavy (non-hydrogen) atoms. The third-order valence-electron chi connectivity index (χ3n) is 2.70. The van der Waals surface area contributed by atoms with Crippen molar-refractivity contribution in [2.75, 3.05) is 24.6 Å². The van der Waals surface area contributed by atoms with E-state index in [1.165, 1.54) is 0 Å². The summed E-state index contributed by atoms with van der Waals surface area (Å²) in [7, 11) is 0. The Morgan fingerprint density at radius 3 is 2.72 bits per heavy atom. The average molecular weight is 267 g/mol. The Labute approximate surface area is 114 Å². The highest BCUT2D eigenvalue weighted by Crippen LogP contribution is 2.15. The van der Waals surface area contributed by atoms with Gasteiger partial charge >= 0.3 is 0 Å². The van der Waals surface area contributed by atoms with Crippen LogP contribution >= 0.6 is 12.2 Å². The third-order valence-corrected chi connectivity index (χ3v) is 2.94. The zero-order chi connectivity index (χ0) is 13.5. The molecule has 0 fully saturated rings. The van der Waals surface area contributed by atoms with Gasteiger partial charge in [0.25, 0.3) is 0 Å². The summed E-state index contributed by atoms with van der Waals surface area (Å²) in [5.41, 5.74) is 7.37. The molecule has 1 aromatic heterocycles. The Bertz CT molecular complexity index is 409. The van der Waals surface area contributed by atoms with Crippen LogP contribution in [0.25, 0.3) is 0 Å². The summed E-state index contributed by atoms with van der Waals surface area (Å²) in [4.78, 5) is 6.93. The van der Waals surface area contributed by atoms with E-state index in [2.05, 4.69) is 16.8 Å². The van der Waals surface area contributed by atoms with Crippen LogP contribution in [0, 0.1) is 6.92 Å². The van der Waals surface area contributed by atoms with Crippen LogP contribution in [-0.2, 0) is 0 Å². The number of hydrogen-bond donors (Lipinski definition) is 2. The number of anilines is 1. The number of aliphatic hydroxyl groups excluding tert-OH is 1. The summed E-state index contributed by atoms with van der Waals surface area (Å²) in [6, 6.07) is 3.77. The molecular weight excluding hydrogens is 246 g/mol. The van der Waals surface area contributed by atoms with E-state index in [0.29, 0.717) is 11.5 Å². The maximum atomic E-state index is 9.13. The maximum Gasteiger partial charge on any atom is 0.129 e. The van der Waals surface area contributed by atoms with Gasteiger partial charge in [-0.05, 0) is 25.5 Å². The number of aromatic nitrogens is 1. The molecule has 0 saturated carbocycles. The Morgan fingerprint density at radius 1 is 1.44 bits per heavy atom. The number of unbranched alkanes of at least 4 members (excludes halogenated alkanes) is 1. The number of thiocarbonyl (C=S) groups is 1. The van der Waals surface area contributed by atoms with Crippen molar-refractivity contribution in [1.29, 1.82) is 0 Å². The van der Waals surface area contributed by atoms with Crippen LogP contribution in [0.5, 0.6) is 0 Å². The molecule has 0 bridgehead atoms. The highest BCUT2D eigenvalue weighted by molar-refractivity contribution is 7.80. The monoisotopic (exact) mass is 267 g/mol. The van der Waals surface area contributed by atoms with Crippen molar-refractivity contribution < 1.29 is 5.11 Å². The maximum absolute atomic E-state index is 9.13. The second kappa shape index (κ2) is 7.28. The first kappa shape index (κ1) is 14.9. The second-order valence-corrected chi connectivity index (χ2v) is 4.72. The van der Waals surface area contributed by atoms with E-state index in [1.54, 1.807) is 0 Å². The fourth-order valence-electron chi connectivity index (χ4n) is 1.77. The van der Waals surface area contributed by atoms with Gasteiger partial charge in [-0.3, -0.25) is 0 Å². The van der Waals surface area contributed by atoms with Crippen molar-refractivity contribution in [3.8, 4) is 0 Å². The number of nitrogens with zero attached hydrogens (tertiary/aromatic N) is 2. The van der Waals surface area contributed by atoms with Crippen molar-refractivity contribution in [2.24, 2.45) is 5.73 Å². The number of rotatable bonds is 7. The molecule has 1 heterocycles. The van der Waals surface area contributed by atoms with Gasteiger partial charge < -0.3 is 15.7 Å². The molecule has 100 valence electrons. The summed E-state index contributed by atoms with van der Waals surface area (Å²) in [5.74, 6) is 0.834. The quantitative estimate of drug-likeness (QED) is 0.735. The predicted molar refractivity (Wildman–Crippen MR) is 79.1 cm³/mol. The van der Waals surface area contributed by atoms with Crippen LogP contribution < -0.4 is 10.6 Å². The molecule has 0 aromatic carbocycles. The first-order valence-electron chi connectivity index (χ1n) is 6.22. The Kier molecular flexibility index (Phi) is 6.01. The molecule has 0 aliphatic heterocycles. The van der Waals surface area contributed by atoms with Crippen LogP contribution in [0.3, 0.4) is 0 Å². The van der Waals surface area contributed by atoms with E-state index in [4.69, 9.17) is 23.1 Å². The van der Waals surface area contributed by atoms with E-state index in [-0.39, 0.29) is 6.61 Å². The number of aliphatic hydroxyl groups is 1. The normalized spacial score (nSPS) is 10.4. The first-order chi connectivity index (χ1) is 8.58. The SMILES string of the molecule is CCCCN(CCO)c1cc(C(N)=S)cc(C)n1. The smallest absolute Gasteiger partial charge is 0.129 e. The topological polar surface area (TPSA) is 62.4 Å². The fourth-order valence-corrected chi connectivity index (χ4v) is 1.88. The van der Waals surface area contributed by atoms with E-state index >= 15 is 0 Å². The van der Waals surface area contributed by atoms with Crippen molar-refractivity contribution in [3.63, 3.8) is 0 Å². The Morgan fingerprint density at radius 2 is 2.17 bits per heavy atom. The minimum Gasteiger partial charge on any atom is -0.395 e. The van der Waals surface area contributed by atoms with Gasteiger partial charge in [-0.2, -0.15) is 0 Å². The minimum absolute atomic E-state index is 0.113. The molecule has 4 nitrogen and oxygen atoms in total. The average Bonchev–Trinajstić information content (AvgIpc) is 2.33. The molecular formula is C13H21N3OS. The summed E-state index contributed by atoms with van der Waals surface area (Å²) < 4.78 is 0. The molecule has 0 aliphatic rings. The Balaban J connectivity index is 2.98. The Hall–Kier alpha value is -1.20. The highest BCUT2D eigenvalue weighted by Gasteiger charge is 2.09. The van der Waals surface area contributed by atoms with Crippen LogP contribution in [0.1, 0.15) is 31.0 Å². The van der Waals surface area contributed by atoms with Gasteiger partial charge in [-0.25, -0.2) is 4.98 Å². The fraction of sp³-hybridized carbons (Fsp3) is 0.538. The molecule has 1 rings (SSSR count). The van der Waals surface area contributed by atoms with Gasteiger partial charge in [-0.1, -0.05) is 25.6 Å². The van der Waals surface area contributed by atoms with Crippen LogP contribution in [0.4, 0.5) is 5.82 Å². The van der Waals surface area contributed by atoms with E-state index in [9.17, 15) is 0 Å². The van der Waals surface area contributed by atoms with Gasteiger partial charge in [0.1, 0.15) is 10.8 Å². The van der Waals surface area contributed by atoms with Crippen molar-refractivity contribution >= 4 is 23.0 Å². The molecule has 0 saturated heterocycles. The second-order valence-electron chi connectivity index (χ2n) is 4.28. The highest BCUT2D eigenvalue weighted by atomic mass is 32.1.